The van der Waals surface area contributed by atoms with Crippen LogP contribution in [-0.2, 0) is 9.53 Å². The van der Waals surface area contributed by atoms with Crippen LogP contribution in [0.4, 0.5) is 0 Å². The van der Waals surface area contributed by atoms with Crippen LogP contribution in [0, 0.1) is 10.1 Å². The molecular weight excluding hydrogens is 206 g/mol. The number of methoxy groups -OCH3 is 1. The van der Waals surface area contributed by atoms with Crippen molar-refractivity contribution in [1.82, 2.24) is 0 Å². The zero-order chi connectivity index (χ0) is 11.8. The van der Waals surface area contributed by atoms with Crippen molar-refractivity contribution in [3.8, 4) is 0 Å². The molecule has 15 heavy (non-hydrogen) atoms. The molecule has 0 saturated carbocycles. The maximum atomic E-state index is 10.5. The van der Waals surface area contributed by atoms with Crippen LogP contribution in [-0.4, -0.2) is 41.5 Å². The van der Waals surface area contributed by atoms with Gasteiger partial charge in [0.15, 0.2) is 5.71 Å². The Kier molecular flexibility index (Phi) is 5.64. The Morgan fingerprint density at radius 2 is 2.40 bits per heavy atom. The fourth-order valence-electron chi connectivity index (χ4n) is 0.724. The minimum absolute atomic E-state index is 0.152. The third-order valence-electron chi connectivity index (χ3n) is 1.44. The van der Waals surface area contributed by atoms with Gasteiger partial charge in [0.25, 0.3) is 11.9 Å². The van der Waals surface area contributed by atoms with Crippen LogP contribution in [0.3, 0.4) is 0 Å². The van der Waals surface area contributed by atoms with E-state index in [1.165, 1.54) is 7.11 Å². The van der Waals surface area contributed by atoms with E-state index in [0.29, 0.717) is 0 Å². The number of carbonyl (C=O) groups excluding carboxylic acids is 1. The average molecular weight is 217 g/mol. The number of ether oxygens (including phenoxy) is 1. The van der Waals surface area contributed by atoms with Gasteiger partial charge in [0.2, 0.25) is 0 Å². The van der Waals surface area contributed by atoms with Gasteiger partial charge in [0.05, 0.1) is 0 Å². The van der Waals surface area contributed by atoms with E-state index in [1.54, 1.807) is 0 Å². The Morgan fingerprint density at radius 1 is 1.80 bits per heavy atom. The second-order valence-electron chi connectivity index (χ2n) is 2.52. The molecule has 1 unspecified atom stereocenters. The molecule has 0 aliphatic carbocycles. The Morgan fingerprint density at radius 3 is 2.73 bits per heavy atom. The average Bonchev–Trinajstić information content (AvgIpc) is 2.16. The third kappa shape index (κ3) is 4.72. The minimum Gasteiger partial charge on any atom is -0.410 e. The number of nitro groups is 1. The Hall–Kier alpha value is -1.96. The van der Waals surface area contributed by atoms with Gasteiger partial charge >= 0.3 is 0 Å². The molecule has 0 aromatic rings. The number of hydrogen-bond donors (Lipinski definition) is 2. The van der Waals surface area contributed by atoms with Gasteiger partial charge < -0.3 is 15.7 Å². The summed E-state index contributed by atoms with van der Waals surface area (Å²) in [4.78, 5) is 20.4. The maximum absolute atomic E-state index is 10.5. The van der Waals surface area contributed by atoms with Crippen LogP contribution in [0.2, 0.25) is 0 Å². The number of hydrogen-bond acceptors (Lipinski definition) is 6. The van der Waals surface area contributed by atoms with E-state index in [1.807, 2.05) is 0 Å². The van der Waals surface area contributed by atoms with Crippen molar-refractivity contribution in [2.24, 2.45) is 10.9 Å². The van der Waals surface area contributed by atoms with Crippen molar-refractivity contribution in [2.75, 3.05) is 13.7 Å². The SMILES string of the molecule is COCC(/C=C/C(=N\O)C(N)=O)[N+](=O)[O-]. The van der Waals surface area contributed by atoms with E-state index >= 15 is 0 Å². The van der Waals surface area contributed by atoms with E-state index in [-0.39, 0.29) is 6.61 Å². The molecule has 1 atom stereocenters. The lowest BCUT2D eigenvalue weighted by atomic mass is 10.2. The van der Waals surface area contributed by atoms with Gasteiger partial charge in [0.1, 0.15) is 6.61 Å². The standard InChI is InChI=1S/C7H11N3O5/c1-15-4-5(10(13)14)2-3-6(9-12)7(8)11/h2-3,5,12H,4H2,1H3,(H2,8,11)/b3-2+,9-6+. The number of rotatable bonds is 6. The maximum Gasteiger partial charge on any atom is 0.270 e. The van der Waals surface area contributed by atoms with Crippen LogP contribution < -0.4 is 5.73 Å². The van der Waals surface area contributed by atoms with Gasteiger partial charge in [-0.05, 0) is 12.2 Å². The van der Waals surface area contributed by atoms with Gasteiger partial charge in [-0.2, -0.15) is 0 Å². The van der Waals surface area contributed by atoms with E-state index in [9.17, 15) is 14.9 Å². The number of nitrogens with zero attached hydrogens (tertiary/aromatic N) is 2. The summed E-state index contributed by atoms with van der Waals surface area (Å²) < 4.78 is 4.58. The predicted octanol–water partition coefficient (Wildman–Crippen LogP) is -0.850. The van der Waals surface area contributed by atoms with Crippen LogP contribution in [0.1, 0.15) is 0 Å². The van der Waals surface area contributed by atoms with E-state index in [4.69, 9.17) is 10.9 Å². The summed E-state index contributed by atoms with van der Waals surface area (Å²) in [5.74, 6) is -0.978. The fourth-order valence-corrected chi connectivity index (χ4v) is 0.724. The first kappa shape index (κ1) is 13.0. The first-order valence-electron chi connectivity index (χ1n) is 3.85. The molecule has 0 rings (SSSR count). The van der Waals surface area contributed by atoms with Crippen LogP contribution in [0.5, 0.6) is 0 Å². The topological polar surface area (TPSA) is 128 Å². The number of nitrogens with two attached hydrogens (primary N) is 1. The second kappa shape index (κ2) is 6.49. The molecule has 0 radical (unpaired) electrons. The lowest BCUT2D eigenvalue weighted by molar-refractivity contribution is -0.512. The summed E-state index contributed by atoms with van der Waals surface area (Å²) in [5.41, 5.74) is 4.34. The Bertz CT molecular complexity index is 299. The first-order chi connectivity index (χ1) is 7.02. The Balaban J connectivity index is 4.58. The molecule has 3 N–H and O–H groups in total. The lowest BCUT2D eigenvalue weighted by Gasteiger charge is -2.02. The number of primary amides is 1. The molecule has 0 spiro atoms. The predicted molar refractivity (Wildman–Crippen MR) is 50.2 cm³/mol. The monoisotopic (exact) mass is 217 g/mol. The largest absolute Gasteiger partial charge is 0.410 e. The van der Waals surface area contributed by atoms with Gasteiger partial charge in [-0.3, -0.25) is 14.9 Å². The summed E-state index contributed by atoms with van der Waals surface area (Å²) in [6.45, 7) is -0.152. The molecule has 84 valence electrons. The zero-order valence-corrected chi connectivity index (χ0v) is 7.99. The van der Waals surface area contributed by atoms with Gasteiger partial charge in [-0.1, -0.05) is 5.16 Å². The summed E-state index contributed by atoms with van der Waals surface area (Å²) in [5, 5.41) is 21.3. The van der Waals surface area contributed by atoms with Gasteiger partial charge in [-0.15, -0.1) is 0 Å². The highest BCUT2D eigenvalue weighted by molar-refractivity contribution is 6.42. The molecule has 0 aliphatic rings. The molecule has 0 bridgehead atoms. The van der Waals surface area contributed by atoms with Gasteiger partial charge in [0, 0.05) is 12.0 Å². The highest BCUT2D eigenvalue weighted by atomic mass is 16.6. The minimum atomic E-state index is -1.12. The molecule has 0 aliphatic heterocycles. The summed E-state index contributed by atoms with van der Waals surface area (Å²) >= 11 is 0. The quantitative estimate of drug-likeness (QED) is 0.259. The fraction of sp³-hybridized carbons (Fsp3) is 0.429. The summed E-state index contributed by atoms with van der Waals surface area (Å²) in [6, 6.07) is -1.12. The molecule has 0 aromatic carbocycles. The molecule has 0 heterocycles. The van der Waals surface area contributed by atoms with E-state index in [2.05, 4.69) is 9.89 Å². The van der Waals surface area contributed by atoms with Crippen molar-refractivity contribution >= 4 is 11.6 Å². The zero-order valence-electron chi connectivity index (χ0n) is 7.99. The Labute approximate surface area is 85.2 Å². The number of oxime groups is 1. The van der Waals surface area contributed by atoms with Crippen molar-refractivity contribution in [2.45, 2.75) is 6.04 Å². The highest BCUT2D eigenvalue weighted by Gasteiger charge is 2.16. The molecule has 1 amide bonds. The van der Waals surface area contributed by atoms with E-state index in [0.717, 1.165) is 12.2 Å². The van der Waals surface area contributed by atoms with Crippen molar-refractivity contribution in [3.63, 3.8) is 0 Å². The normalized spacial score (nSPS) is 14.1. The molecule has 8 nitrogen and oxygen atoms in total. The van der Waals surface area contributed by atoms with Crippen LogP contribution >= 0.6 is 0 Å². The molecule has 8 heteroatoms. The van der Waals surface area contributed by atoms with Gasteiger partial charge in [-0.25, -0.2) is 0 Å². The third-order valence-corrected chi connectivity index (χ3v) is 1.44. The highest BCUT2D eigenvalue weighted by Crippen LogP contribution is 1.94. The van der Waals surface area contributed by atoms with Crippen LogP contribution in [0.25, 0.3) is 0 Å². The lowest BCUT2D eigenvalue weighted by Crippen LogP contribution is -2.25. The van der Waals surface area contributed by atoms with Crippen molar-refractivity contribution in [1.29, 1.82) is 0 Å². The first-order valence-corrected chi connectivity index (χ1v) is 3.85. The smallest absolute Gasteiger partial charge is 0.270 e. The summed E-state index contributed by atoms with van der Waals surface area (Å²) in [7, 11) is 1.31. The second-order valence-corrected chi connectivity index (χ2v) is 2.52. The molecule has 0 fully saturated rings. The molecule has 0 saturated heterocycles. The van der Waals surface area contributed by atoms with Crippen LogP contribution in [0.15, 0.2) is 17.3 Å². The molecular formula is C7H11N3O5. The van der Waals surface area contributed by atoms with Crippen molar-refractivity contribution in [3.05, 3.63) is 22.3 Å². The van der Waals surface area contributed by atoms with Crippen molar-refractivity contribution < 1.29 is 19.7 Å². The van der Waals surface area contributed by atoms with E-state index < -0.39 is 22.6 Å². The molecule has 0 aromatic heterocycles. The number of amides is 1. The number of carbonyl (C=O) groups is 1. The summed E-state index contributed by atoms with van der Waals surface area (Å²) in [6.07, 6.45) is 2.03.